The van der Waals surface area contributed by atoms with E-state index in [2.05, 4.69) is 28.4 Å². The molecule has 0 spiro atoms. The number of hydrogen-bond donors (Lipinski definition) is 1. The Kier molecular flexibility index (Phi) is 5.00. The monoisotopic (exact) mass is 393 g/mol. The van der Waals surface area contributed by atoms with Gasteiger partial charge in [-0.25, -0.2) is 4.39 Å². The third kappa shape index (κ3) is 3.88. The van der Waals surface area contributed by atoms with Crippen molar-refractivity contribution >= 4 is 17.3 Å². The Morgan fingerprint density at radius 2 is 1.62 bits per heavy atom. The molecule has 0 saturated carbocycles. The highest BCUT2D eigenvalue weighted by Gasteiger charge is 2.32. The van der Waals surface area contributed by atoms with Crippen molar-refractivity contribution < 1.29 is 9.18 Å². The van der Waals surface area contributed by atoms with E-state index in [1.165, 1.54) is 48.2 Å². The number of carbonyl (C=O) groups excluding carboxylic acids is 1. The Morgan fingerprint density at radius 1 is 0.897 bits per heavy atom. The molecule has 1 aliphatic carbocycles. The van der Waals surface area contributed by atoms with Crippen LogP contribution in [-0.2, 0) is 17.6 Å². The van der Waals surface area contributed by atoms with Gasteiger partial charge in [-0.2, -0.15) is 0 Å². The number of aryl methyl sites for hydroxylation is 2. The molecule has 0 bridgehead atoms. The van der Waals surface area contributed by atoms with Gasteiger partial charge >= 0.3 is 0 Å². The molecule has 2 aliphatic heterocycles. The van der Waals surface area contributed by atoms with Gasteiger partial charge in [0.15, 0.2) is 0 Å². The molecule has 0 aromatic heterocycles. The molecular formula is C24H28FN3O. The van der Waals surface area contributed by atoms with Gasteiger partial charge in [0.25, 0.3) is 0 Å². The predicted molar refractivity (Wildman–Crippen MR) is 114 cm³/mol. The van der Waals surface area contributed by atoms with Gasteiger partial charge in [-0.15, -0.1) is 0 Å². The first kappa shape index (κ1) is 18.6. The Labute approximate surface area is 171 Å². The first-order valence-electron chi connectivity index (χ1n) is 10.8. The summed E-state index contributed by atoms with van der Waals surface area (Å²) in [4.78, 5) is 16.7. The number of amides is 1. The Balaban J connectivity index is 1.15. The van der Waals surface area contributed by atoms with Gasteiger partial charge in [-0.1, -0.05) is 6.07 Å². The van der Waals surface area contributed by atoms with Crippen LogP contribution in [0.2, 0.25) is 0 Å². The van der Waals surface area contributed by atoms with Gasteiger partial charge in [0.2, 0.25) is 5.91 Å². The minimum absolute atomic E-state index is 0.115. The molecule has 4 nitrogen and oxygen atoms in total. The second-order valence-corrected chi connectivity index (χ2v) is 8.62. The molecule has 5 rings (SSSR count). The fourth-order valence-corrected chi connectivity index (χ4v) is 5.08. The van der Waals surface area contributed by atoms with Crippen LogP contribution in [0.4, 0.5) is 15.8 Å². The Bertz CT molecular complexity index is 889. The summed E-state index contributed by atoms with van der Waals surface area (Å²) in [6.07, 6.45) is 6.46. The number of anilines is 2. The summed E-state index contributed by atoms with van der Waals surface area (Å²) in [6.45, 7) is 2.77. The quantitative estimate of drug-likeness (QED) is 0.861. The molecule has 2 heterocycles. The zero-order valence-corrected chi connectivity index (χ0v) is 16.7. The molecule has 2 saturated heterocycles. The molecule has 1 unspecified atom stereocenters. The van der Waals surface area contributed by atoms with E-state index in [4.69, 9.17) is 0 Å². The lowest BCUT2D eigenvalue weighted by Crippen LogP contribution is -2.47. The van der Waals surface area contributed by atoms with E-state index in [1.54, 1.807) is 17.0 Å². The zero-order chi connectivity index (χ0) is 19.8. The third-order valence-electron chi connectivity index (χ3n) is 6.68. The second kappa shape index (κ2) is 7.79. The first-order chi connectivity index (χ1) is 14.2. The molecule has 152 valence electrons. The molecule has 1 atom stereocenters. The molecule has 1 amide bonds. The highest BCUT2D eigenvalue weighted by Crippen LogP contribution is 2.29. The van der Waals surface area contributed by atoms with Gasteiger partial charge in [0.1, 0.15) is 5.82 Å². The second-order valence-electron chi connectivity index (χ2n) is 8.62. The van der Waals surface area contributed by atoms with Crippen molar-refractivity contribution in [2.24, 2.45) is 0 Å². The van der Waals surface area contributed by atoms with Crippen molar-refractivity contribution in [1.82, 2.24) is 5.32 Å². The number of nitrogens with one attached hydrogen (secondary N) is 1. The van der Waals surface area contributed by atoms with Crippen LogP contribution >= 0.6 is 0 Å². The topological polar surface area (TPSA) is 35.6 Å². The number of rotatable bonds is 4. The van der Waals surface area contributed by atoms with E-state index in [1.807, 2.05) is 0 Å². The number of carbonyl (C=O) groups is 1. The van der Waals surface area contributed by atoms with Crippen LogP contribution in [0.15, 0.2) is 42.5 Å². The normalized spacial score (nSPS) is 22.4. The molecule has 1 N–H and O–H groups in total. The maximum Gasteiger partial charge on any atom is 0.228 e. The number of halogens is 1. The van der Waals surface area contributed by atoms with Gasteiger partial charge < -0.3 is 15.1 Å². The summed E-state index contributed by atoms with van der Waals surface area (Å²) >= 11 is 0. The van der Waals surface area contributed by atoms with Crippen LogP contribution in [0.5, 0.6) is 0 Å². The van der Waals surface area contributed by atoms with Crippen LogP contribution < -0.4 is 15.1 Å². The lowest BCUT2D eigenvalue weighted by Gasteiger charge is -2.35. The summed E-state index contributed by atoms with van der Waals surface area (Å²) in [5.41, 5.74) is 5.21. The van der Waals surface area contributed by atoms with Crippen molar-refractivity contribution in [2.45, 2.75) is 50.6 Å². The summed E-state index contributed by atoms with van der Waals surface area (Å²) in [6, 6.07) is 13.8. The van der Waals surface area contributed by atoms with E-state index >= 15 is 0 Å². The Hall–Kier alpha value is -2.40. The Morgan fingerprint density at radius 3 is 2.41 bits per heavy atom. The van der Waals surface area contributed by atoms with Gasteiger partial charge in [-0.3, -0.25) is 4.79 Å². The van der Waals surface area contributed by atoms with Crippen LogP contribution in [0.1, 0.15) is 36.8 Å². The van der Waals surface area contributed by atoms with Crippen molar-refractivity contribution in [3.63, 3.8) is 0 Å². The number of benzene rings is 2. The van der Waals surface area contributed by atoms with Crippen LogP contribution in [0, 0.1) is 5.82 Å². The summed E-state index contributed by atoms with van der Waals surface area (Å²) in [5.74, 6) is -0.158. The van der Waals surface area contributed by atoms with Gasteiger partial charge in [-0.05, 0) is 79.6 Å². The van der Waals surface area contributed by atoms with E-state index in [0.717, 1.165) is 31.6 Å². The zero-order valence-electron chi connectivity index (χ0n) is 16.7. The number of nitrogens with zero attached hydrogens (tertiary/aromatic N) is 2. The number of fused-ring (bicyclic) bond motifs is 1. The lowest BCUT2D eigenvalue weighted by atomic mass is 10.0. The van der Waals surface area contributed by atoms with Crippen molar-refractivity contribution in [3.8, 4) is 0 Å². The predicted octanol–water partition coefficient (Wildman–Crippen LogP) is 3.68. The standard InChI is InChI=1S/C24H28FN3O/c25-19-5-8-22(9-6-19)28-16-21(15-24(28)29)26-20-10-12-27(13-11-20)23-7-4-17-2-1-3-18(17)14-23/h4-9,14,20-21,26H,1-3,10-13,15-16H2. The smallest absolute Gasteiger partial charge is 0.228 e. The van der Waals surface area contributed by atoms with Gasteiger partial charge in [0.05, 0.1) is 0 Å². The minimum Gasteiger partial charge on any atom is -0.371 e. The summed E-state index contributed by atoms with van der Waals surface area (Å²) < 4.78 is 13.2. The first-order valence-corrected chi connectivity index (χ1v) is 10.8. The molecule has 2 aromatic carbocycles. The number of hydrogen-bond acceptors (Lipinski definition) is 3. The van der Waals surface area contributed by atoms with Crippen molar-refractivity contribution in [1.29, 1.82) is 0 Å². The highest BCUT2D eigenvalue weighted by atomic mass is 19.1. The summed E-state index contributed by atoms with van der Waals surface area (Å²) in [5, 5.41) is 3.71. The van der Waals surface area contributed by atoms with Crippen molar-refractivity contribution in [2.75, 3.05) is 29.4 Å². The van der Waals surface area contributed by atoms with E-state index in [9.17, 15) is 9.18 Å². The van der Waals surface area contributed by atoms with E-state index < -0.39 is 0 Å². The molecule has 5 heteroatoms. The molecule has 3 aliphatic rings. The lowest BCUT2D eigenvalue weighted by molar-refractivity contribution is -0.117. The third-order valence-corrected chi connectivity index (χ3v) is 6.68. The van der Waals surface area contributed by atoms with E-state index in [-0.39, 0.29) is 17.8 Å². The number of piperidine rings is 1. The molecule has 0 radical (unpaired) electrons. The summed E-state index contributed by atoms with van der Waals surface area (Å²) in [7, 11) is 0. The molecular weight excluding hydrogens is 365 g/mol. The molecule has 2 aromatic rings. The fourth-order valence-electron chi connectivity index (χ4n) is 5.08. The minimum atomic E-state index is -0.273. The van der Waals surface area contributed by atoms with Crippen LogP contribution in [0.25, 0.3) is 0 Å². The van der Waals surface area contributed by atoms with Gasteiger partial charge in [0, 0.05) is 49.5 Å². The highest BCUT2D eigenvalue weighted by molar-refractivity contribution is 5.96. The largest absolute Gasteiger partial charge is 0.371 e. The molecule has 2 fully saturated rings. The average molecular weight is 394 g/mol. The SMILES string of the molecule is O=C1CC(NC2CCN(c3ccc4c(c3)CCC4)CC2)CN1c1ccc(F)cc1. The molecule has 29 heavy (non-hydrogen) atoms. The van der Waals surface area contributed by atoms with E-state index in [0.29, 0.717) is 19.0 Å². The maximum absolute atomic E-state index is 13.2. The maximum atomic E-state index is 13.2. The average Bonchev–Trinajstić information content (AvgIpc) is 3.35. The van der Waals surface area contributed by atoms with Crippen LogP contribution in [0.3, 0.4) is 0 Å². The van der Waals surface area contributed by atoms with Crippen molar-refractivity contribution in [3.05, 3.63) is 59.4 Å². The fraction of sp³-hybridized carbons (Fsp3) is 0.458. The van der Waals surface area contributed by atoms with Crippen LogP contribution in [-0.4, -0.2) is 37.6 Å².